The molecule has 0 bridgehead atoms. The Balaban J connectivity index is 1.69. The van der Waals surface area contributed by atoms with Crippen LogP contribution in [-0.4, -0.2) is 34.6 Å². The Morgan fingerprint density at radius 3 is 2.88 bits per heavy atom. The van der Waals surface area contributed by atoms with E-state index in [0.29, 0.717) is 24.6 Å². The molecule has 6 heteroatoms. The summed E-state index contributed by atoms with van der Waals surface area (Å²) in [5.74, 6) is 2.44. The summed E-state index contributed by atoms with van der Waals surface area (Å²) in [5.41, 5.74) is 1.05. The van der Waals surface area contributed by atoms with Crippen molar-refractivity contribution >= 4 is 5.91 Å². The molecular formula is C20H27N3O3. The molecule has 1 atom stereocenters. The first-order valence-electron chi connectivity index (χ1n) is 9.35. The van der Waals surface area contributed by atoms with Gasteiger partial charge in [-0.2, -0.15) is 4.98 Å². The van der Waals surface area contributed by atoms with Crippen LogP contribution in [0.4, 0.5) is 0 Å². The van der Waals surface area contributed by atoms with Crippen molar-refractivity contribution in [2.45, 2.75) is 57.9 Å². The Bertz CT molecular complexity index is 741. The van der Waals surface area contributed by atoms with E-state index in [4.69, 9.17) is 9.26 Å². The van der Waals surface area contributed by atoms with Crippen LogP contribution in [-0.2, 0) is 11.2 Å². The summed E-state index contributed by atoms with van der Waals surface area (Å²) in [6, 6.07) is 7.74. The zero-order valence-corrected chi connectivity index (χ0v) is 15.8. The summed E-state index contributed by atoms with van der Waals surface area (Å²) < 4.78 is 10.9. The van der Waals surface area contributed by atoms with Crippen LogP contribution in [0.5, 0.6) is 5.75 Å². The molecule has 3 rings (SSSR count). The molecule has 140 valence electrons. The molecule has 1 aromatic heterocycles. The number of rotatable bonds is 6. The van der Waals surface area contributed by atoms with Gasteiger partial charge in [0.2, 0.25) is 11.8 Å². The number of benzene rings is 1. The first-order valence-corrected chi connectivity index (χ1v) is 9.35. The zero-order chi connectivity index (χ0) is 18.5. The van der Waals surface area contributed by atoms with E-state index < -0.39 is 0 Å². The lowest BCUT2D eigenvalue weighted by Gasteiger charge is -2.33. The van der Waals surface area contributed by atoms with E-state index in [1.165, 1.54) is 0 Å². The average molecular weight is 357 g/mol. The maximum atomic E-state index is 12.9. The van der Waals surface area contributed by atoms with Gasteiger partial charge in [0.25, 0.3) is 0 Å². The summed E-state index contributed by atoms with van der Waals surface area (Å²) in [5, 5.41) is 4.06. The molecule has 2 aromatic rings. The van der Waals surface area contributed by atoms with Crippen molar-refractivity contribution in [2.24, 2.45) is 0 Å². The number of aryl methyl sites for hydroxylation is 1. The minimum absolute atomic E-state index is 0.103. The number of likely N-dealkylation sites (tertiary alicyclic amines) is 1. The average Bonchev–Trinajstić information content (AvgIpc) is 3.16. The third kappa shape index (κ3) is 4.06. The van der Waals surface area contributed by atoms with Crippen LogP contribution < -0.4 is 4.74 Å². The Morgan fingerprint density at radius 1 is 1.35 bits per heavy atom. The third-order valence-electron chi connectivity index (χ3n) is 4.88. The van der Waals surface area contributed by atoms with E-state index in [0.717, 1.165) is 37.1 Å². The molecule has 1 aromatic carbocycles. The monoisotopic (exact) mass is 357 g/mol. The fraction of sp³-hybridized carbons (Fsp3) is 0.550. The number of hydrogen-bond donors (Lipinski definition) is 0. The number of amides is 1. The molecule has 0 N–H and O–H groups in total. The molecule has 1 saturated heterocycles. The highest BCUT2D eigenvalue weighted by molar-refractivity contribution is 5.77. The lowest BCUT2D eigenvalue weighted by atomic mass is 10.0. The number of para-hydroxylation sites is 1. The maximum Gasteiger partial charge on any atom is 0.249 e. The van der Waals surface area contributed by atoms with Crippen LogP contribution >= 0.6 is 0 Å². The van der Waals surface area contributed by atoms with Gasteiger partial charge in [-0.25, -0.2) is 0 Å². The predicted octanol–water partition coefficient (Wildman–Crippen LogP) is 3.89. The van der Waals surface area contributed by atoms with Crippen molar-refractivity contribution in [2.75, 3.05) is 13.7 Å². The highest BCUT2D eigenvalue weighted by Gasteiger charge is 2.32. The standard InChI is InChI=1S/C20H27N3O3/c1-14(2)19-21-20(26-22-19)16-9-6-7-13-23(16)18(24)12-11-15-8-4-5-10-17(15)25-3/h4-5,8,10,14,16H,6-7,9,11-13H2,1-3H3/t16-/m1/s1. The quantitative estimate of drug-likeness (QED) is 0.784. The molecule has 0 unspecified atom stereocenters. The van der Waals surface area contributed by atoms with Gasteiger partial charge >= 0.3 is 0 Å². The van der Waals surface area contributed by atoms with Crippen LogP contribution in [0.1, 0.15) is 68.8 Å². The van der Waals surface area contributed by atoms with E-state index in [9.17, 15) is 4.79 Å². The van der Waals surface area contributed by atoms with Gasteiger partial charge < -0.3 is 14.2 Å². The Labute approximate surface area is 154 Å². The second-order valence-corrected chi connectivity index (χ2v) is 7.06. The normalized spacial score (nSPS) is 17.5. The minimum atomic E-state index is -0.103. The largest absolute Gasteiger partial charge is 0.496 e. The van der Waals surface area contributed by atoms with Crippen LogP contribution in [0, 0.1) is 0 Å². The molecular weight excluding hydrogens is 330 g/mol. The highest BCUT2D eigenvalue weighted by Crippen LogP contribution is 2.31. The summed E-state index contributed by atoms with van der Waals surface area (Å²) in [7, 11) is 1.66. The zero-order valence-electron chi connectivity index (χ0n) is 15.8. The van der Waals surface area contributed by atoms with E-state index >= 15 is 0 Å². The molecule has 1 aliphatic rings. The van der Waals surface area contributed by atoms with Crippen LogP contribution in [0.15, 0.2) is 28.8 Å². The Kier molecular flexibility index (Phi) is 5.91. The van der Waals surface area contributed by atoms with Gasteiger partial charge in [0.15, 0.2) is 5.82 Å². The molecule has 6 nitrogen and oxygen atoms in total. The minimum Gasteiger partial charge on any atom is -0.496 e. The van der Waals surface area contributed by atoms with Crippen molar-refractivity contribution < 1.29 is 14.1 Å². The molecule has 0 radical (unpaired) electrons. The smallest absolute Gasteiger partial charge is 0.249 e. The molecule has 26 heavy (non-hydrogen) atoms. The Morgan fingerprint density at radius 2 is 2.15 bits per heavy atom. The number of piperidine rings is 1. The first kappa shape index (κ1) is 18.4. The van der Waals surface area contributed by atoms with Crippen molar-refractivity contribution in [3.8, 4) is 5.75 Å². The van der Waals surface area contributed by atoms with E-state index in [1.54, 1.807) is 7.11 Å². The van der Waals surface area contributed by atoms with Crippen molar-refractivity contribution in [1.29, 1.82) is 0 Å². The molecule has 2 heterocycles. The van der Waals surface area contributed by atoms with Gasteiger partial charge in [-0.1, -0.05) is 37.2 Å². The highest BCUT2D eigenvalue weighted by atomic mass is 16.5. The van der Waals surface area contributed by atoms with Gasteiger partial charge in [-0.05, 0) is 37.3 Å². The summed E-state index contributed by atoms with van der Waals surface area (Å²) in [6.45, 7) is 4.81. The number of carbonyl (C=O) groups is 1. The fourth-order valence-corrected chi connectivity index (χ4v) is 3.40. The van der Waals surface area contributed by atoms with Gasteiger partial charge in [0.05, 0.1) is 7.11 Å². The van der Waals surface area contributed by atoms with E-state index in [1.807, 2.05) is 43.0 Å². The fourth-order valence-electron chi connectivity index (χ4n) is 3.40. The first-order chi connectivity index (χ1) is 12.6. The van der Waals surface area contributed by atoms with Crippen molar-refractivity contribution in [3.63, 3.8) is 0 Å². The van der Waals surface area contributed by atoms with Gasteiger partial charge in [0.1, 0.15) is 11.8 Å². The number of hydrogen-bond acceptors (Lipinski definition) is 5. The molecule has 1 amide bonds. The lowest BCUT2D eigenvalue weighted by molar-refractivity contribution is -0.135. The number of carbonyl (C=O) groups excluding carboxylic acids is 1. The Hall–Kier alpha value is -2.37. The number of methoxy groups -OCH3 is 1. The molecule has 0 saturated carbocycles. The summed E-state index contributed by atoms with van der Waals surface area (Å²) in [4.78, 5) is 19.3. The maximum absolute atomic E-state index is 12.9. The van der Waals surface area contributed by atoms with Crippen LogP contribution in [0.3, 0.4) is 0 Å². The lowest BCUT2D eigenvalue weighted by Crippen LogP contribution is -2.38. The number of nitrogens with zero attached hydrogens (tertiary/aromatic N) is 3. The van der Waals surface area contributed by atoms with Crippen molar-refractivity contribution in [3.05, 3.63) is 41.5 Å². The second-order valence-electron chi connectivity index (χ2n) is 7.06. The van der Waals surface area contributed by atoms with E-state index in [-0.39, 0.29) is 17.9 Å². The van der Waals surface area contributed by atoms with Crippen LogP contribution in [0.2, 0.25) is 0 Å². The third-order valence-corrected chi connectivity index (χ3v) is 4.88. The summed E-state index contributed by atoms with van der Waals surface area (Å²) in [6.07, 6.45) is 4.07. The molecule has 1 aliphatic heterocycles. The second kappa shape index (κ2) is 8.34. The summed E-state index contributed by atoms with van der Waals surface area (Å²) >= 11 is 0. The van der Waals surface area contributed by atoms with Gasteiger partial charge in [0, 0.05) is 18.9 Å². The topological polar surface area (TPSA) is 68.5 Å². The van der Waals surface area contributed by atoms with Gasteiger partial charge in [-0.15, -0.1) is 0 Å². The molecule has 0 spiro atoms. The SMILES string of the molecule is COc1ccccc1CCC(=O)N1CCCC[C@@H]1c1nc(C(C)C)no1. The van der Waals surface area contributed by atoms with E-state index in [2.05, 4.69) is 10.1 Å². The molecule has 1 fully saturated rings. The number of ether oxygens (including phenoxy) is 1. The van der Waals surface area contributed by atoms with Gasteiger partial charge in [-0.3, -0.25) is 4.79 Å². The number of aromatic nitrogens is 2. The molecule has 0 aliphatic carbocycles. The van der Waals surface area contributed by atoms with Crippen LogP contribution in [0.25, 0.3) is 0 Å². The predicted molar refractivity (Wildman–Crippen MR) is 98.0 cm³/mol. The van der Waals surface area contributed by atoms with Crippen molar-refractivity contribution in [1.82, 2.24) is 15.0 Å².